The average Bonchev–Trinajstić information content (AvgIpc) is 2.29. The van der Waals surface area contributed by atoms with E-state index in [0.29, 0.717) is 5.92 Å². The van der Waals surface area contributed by atoms with Crippen LogP contribution in [0.4, 0.5) is 8.78 Å². The van der Waals surface area contributed by atoms with E-state index < -0.39 is 5.92 Å². The van der Waals surface area contributed by atoms with Crippen LogP contribution in [0.25, 0.3) is 0 Å². The molecule has 104 valence electrons. The van der Waals surface area contributed by atoms with Crippen LogP contribution in [0.1, 0.15) is 36.9 Å². The topological polar surface area (TPSA) is 24.9 Å². The number of pyridine rings is 1. The molecule has 1 aromatic heterocycles. The number of nitrogens with zero attached hydrogens (tertiary/aromatic N) is 1. The van der Waals surface area contributed by atoms with Gasteiger partial charge in [-0.3, -0.25) is 4.98 Å². The Hall–Kier alpha value is -0.450. The van der Waals surface area contributed by atoms with Crippen LogP contribution in [0.15, 0.2) is 18.3 Å². The molecule has 0 aromatic carbocycles. The van der Waals surface area contributed by atoms with E-state index in [4.69, 9.17) is 0 Å². The van der Waals surface area contributed by atoms with Crippen LogP contribution in [0.5, 0.6) is 0 Å². The van der Waals surface area contributed by atoms with Crippen molar-refractivity contribution in [3.8, 4) is 0 Å². The molecule has 0 aliphatic carbocycles. The van der Waals surface area contributed by atoms with Crippen LogP contribution in [0.3, 0.4) is 0 Å². The number of hydrogen-bond acceptors (Lipinski definition) is 2. The Labute approximate surface area is 118 Å². The van der Waals surface area contributed by atoms with Crippen LogP contribution < -0.4 is 5.32 Å². The zero-order valence-corrected chi connectivity index (χ0v) is 11.8. The normalized spacial score (nSPS) is 16.6. The van der Waals surface area contributed by atoms with Gasteiger partial charge in [0.1, 0.15) is 0 Å². The molecule has 2 heterocycles. The summed E-state index contributed by atoms with van der Waals surface area (Å²) in [7, 11) is 0. The average molecular weight is 299 g/mol. The van der Waals surface area contributed by atoms with Crippen molar-refractivity contribution in [2.75, 3.05) is 13.1 Å². The minimum atomic E-state index is -2.79. The third-order valence-electron chi connectivity index (χ3n) is 3.05. The van der Waals surface area contributed by atoms with Gasteiger partial charge in [-0.1, -0.05) is 0 Å². The molecule has 1 N–H and O–H groups in total. The van der Waals surface area contributed by atoms with Crippen molar-refractivity contribution in [3.05, 3.63) is 29.6 Å². The molecule has 0 saturated carbocycles. The Bertz CT molecular complexity index is 346. The highest BCUT2D eigenvalue weighted by atomic mass is 35.5. The fraction of sp³-hybridized carbons (Fsp3) is 0.583. The van der Waals surface area contributed by atoms with Crippen LogP contribution >= 0.6 is 24.8 Å². The second-order valence-corrected chi connectivity index (χ2v) is 4.38. The second-order valence-electron chi connectivity index (χ2n) is 4.38. The van der Waals surface area contributed by atoms with Gasteiger partial charge in [0.25, 0.3) is 5.92 Å². The first-order chi connectivity index (χ1) is 7.57. The smallest absolute Gasteiger partial charge is 0.272 e. The summed E-state index contributed by atoms with van der Waals surface area (Å²) in [6, 6.07) is 3.23. The van der Waals surface area contributed by atoms with Gasteiger partial charge in [-0.2, -0.15) is 0 Å². The van der Waals surface area contributed by atoms with Crippen molar-refractivity contribution in [2.24, 2.45) is 0 Å². The summed E-state index contributed by atoms with van der Waals surface area (Å²) in [4.78, 5) is 4.16. The van der Waals surface area contributed by atoms with Crippen LogP contribution in [0.2, 0.25) is 0 Å². The first-order valence-electron chi connectivity index (χ1n) is 5.62. The number of alkyl halides is 2. The van der Waals surface area contributed by atoms with Gasteiger partial charge in [0.2, 0.25) is 0 Å². The Morgan fingerprint density at radius 2 is 1.83 bits per heavy atom. The number of rotatable bonds is 2. The van der Waals surface area contributed by atoms with Crippen LogP contribution in [0, 0.1) is 0 Å². The maximum atomic E-state index is 13.0. The highest BCUT2D eigenvalue weighted by molar-refractivity contribution is 5.85. The predicted molar refractivity (Wildman–Crippen MR) is 73.1 cm³/mol. The van der Waals surface area contributed by atoms with Gasteiger partial charge in [0.15, 0.2) is 0 Å². The number of piperidine rings is 1. The summed E-state index contributed by atoms with van der Waals surface area (Å²) >= 11 is 0. The summed E-state index contributed by atoms with van der Waals surface area (Å²) in [5.41, 5.74) is 0.930. The molecule has 0 amide bonds. The van der Waals surface area contributed by atoms with E-state index >= 15 is 0 Å². The lowest BCUT2D eigenvalue weighted by Crippen LogP contribution is -2.27. The van der Waals surface area contributed by atoms with Gasteiger partial charge in [0, 0.05) is 30.3 Å². The van der Waals surface area contributed by atoms with Crippen molar-refractivity contribution in [1.29, 1.82) is 0 Å². The summed E-state index contributed by atoms with van der Waals surface area (Å²) in [6.07, 6.45) is 3.38. The molecule has 2 nitrogen and oxygen atoms in total. The fourth-order valence-electron chi connectivity index (χ4n) is 2.02. The largest absolute Gasteiger partial charge is 0.317 e. The lowest BCUT2D eigenvalue weighted by molar-refractivity contribution is 0.0171. The lowest BCUT2D eigenvalue weighted by atomic mass is 9.94. The molecule has 0 radical (unpaired) electrons. The Morgan fingerprint density at radius 1 is 1.22 bits per heavy atom. The molecule has 1 saturated heterocycles. The van der Waals surface area contributed by atoms with E-state index in [9.17, 15) is 8.78 Å². The quantitative estimate of drug-likeness (QED) is 0.904. The van der Waals surface area contributed by atoms with E-state index in [2.05, 4.69) is 10.3 Å². The van der Waals surface area contributed by atoms with Crippen molar-refractivity contribution >= 4 is 24.8 Å². The molecule has 0 atom stereocenters. The third kappa shape index (κ3) is 4.34. The highest BCUT2D eigenvalue weighted by Gasteiger charge is 2.25. The summed E-state index contributed by atoms with van der Waals surface area (Å²) in [5, 5.41) is 3.27. The molecule has 2 rings (SSSR count). The zero-order chi connectivity index (χ0) is 11.6. The lowest BCUT2D eigenvalue weighted by Gasteiger charge is -2.22. The maximum Gasteiger partial charge on any atom is 0.272 e. The number of hydrogen-bond donors (Lipinski definition) is 1. The highest BCUT2D eigenvalue weighted by Crippen LogP contribution is 2.28. The molecule has 1 aliphatic heterocycles. The Morgan fingerprint density at radius 3 is 2.28 bits per heavy atom. The standard InChI is InChI=1S/C12H16F2N2.2ClH/c1-12(13,14)10-2-3-11(16-8-10)9-4-6-15-7-5-9;;/h2-3,8-9,15H,4-7H2,1H3;2*1H. The molecule has 18 heavy (non-hydrogen) atoms. The molecule has 0 spiro atoms. The summed E-state index contributed by atoms with van der Waals surface area (Å²) in [6.45, 7) is 2.87. The molecule has 1 aliphatic rings. The van der Waals surface area contributed by atoms with Crippen LogP contribution in [-0.4, -0.2) is 18.1 Å². The van der Waals surface area contributed by atoms with E-state index in [1.165, 1.54) is 12.3 Å². The molecule has 0 bridgehead atoms. The number of aromatic nitrogens is 1. The summed E-state index contributed by atoms with van der Waals surface area (Å²) < 4.78 is 26.0. The van der Waals surface area contributed by atoms with Crippen molar-refractivity contribution < 1.29 is 8.78 Å². The SMILES string of the molecule is CC(F)(F)c1ccc(C2CCNCC2)nc1.Cl.Cl. The van der Waals surface area contributed by atoms with E-state index in [0.717, 1.165) is 38.5 Å². The maximum absolute atomic E-state index is 13.0. The molecule has 1 fully saturated rings. The van der Waals surface area contributed by atoms with Crippen LogP contribution in [-0.2, 0) is 5.92 Å². The zero-order valence-electron chi connectivity index (χ0n) is 10.2. The fourth-order valence-corrected chi connectivity index (χ4v) is 2.02. The minimum absolute atomic E-state index is 0. The van der Waals surface area contributed by atoms with E-state index in [1.807, 2.05) is 0 Å². The van der Waals surface area contributed by atoms with E-state index in [1.54, 1.807) is 6.07 Å². The first-order valence-corrected chi connectivity index (χ1v) is 5.62. The van der Waals surface area contributed by atoms with Crippen molar-refractivity contribution in [1.82, 2.24) is 10.3 Å². The van der Waals surface area contributed by atoms with Gasteiger partial charge < -0.3 is 5.32 Å². The molecule has 6 heteroatoms. The van der Waals surface area contributed by atoms with Crippen molar-refractivity contribution in [3.63, 3.8) is 0 Å². The van der Waals surface area contributed by atoms with Gasteiger partial charge in [-0.25, -0.2) is 8.78 Å². The minimum Gasteiger partial charge on any atom is -0.317 e. The van der Waals surface area contributed by atoms with Gasteiger partial charge in [0.05, 0.1) is 0 Å². The Balaban J connectivity index is 0.00000144. The Kier molecular flexibility index (Phi) is 7.04. The molecule has 0 unspecified atom stereocenters. The predicted octanol–water partition coefficient (Wildman–Crippen LogP) is 3.50. The second kappa shape index (κ2) is 7.22. The molecular weight excluding hydrogens is 281 g/mol. The van der Waals surface area contributed by atoms with Gasteiger partial charge in [-0.05, 0) is 38.1 Å². The molecular formula is C12H18Cl2F2N2. The molecule has 1 aromatic rings. The third-order valence-corrected chi connectivity index (χ3v) is 3.05. The number of halogens is 4. The van der Waals surface area contributed by atoms with Gasteiger partial charge in [-0.15, -0.1) is 24.8 Å². The number of nitrogens with one attached hydrogen (secondary N) is 1. The summed E-state index contributed by atoms with van der Waals surface area (Å²) in [5.74, 6) is -2.37. The van der Waals surface area contributed by atoms with E-state index in [-0.39, 0.29) is 30.4 Å². The van der Waals surface area contributed by atoms with Gasteiger partial charge >= 0.3 is 0 Å². The monoisotopic (exact) mass is 298 g/mol. The first kappa shape index (κ1) is 17.6. The van der Waals surface area contributed by atoms with Crippen molar-refractivity contribution in [2.45, 2.75) is 31.6 Å².